The Kier molecular flexibility index (Phi) is 5.55. The van der Waals surface area contributed by atoms with Crippen LogP contribution in [0.1, 0.15) is 36.2 Å². The summed E-state index contributed by atoms with van der Waals surface area (Å²) in [7, 11) is 1.73. The van der Waals surface area contributed by atoms with E-state index in [-0.39, 0.29) is 6.04 Å². The molecule has 0 spiro atoms. The summed E-state index contributed by atoms with van der Waals surface area (Å²) >= 11 is 1.76. The van der Waals surface area contributed by atoms with Gasteiger partial charge in [-0.25, -0.2) is 9.97 Å². The molecular formula is C14H22N4OS. The topological polar surface area (TPSA) is 52.0 Å². The van der Waals surface area contributed by atoms with E-state index < -0.39 is 0 Å². The van der Waals surface area contributed by atoms with Gasteiger partial charge in [0.25, 0.3) is 0 Å². The second-order valence-electron chi connectivity index (χ2n) is 4.67. The molecule has 0 aliphatic heterocycles. The highest BCUT2D eigenvalue weighted by Gasteiger charge is 2.12. The molecule has 6 heteroatoms. The van der Waals surface area contributed by atoms with Crippen molar-refractivity contribution < 1.29 is 4.74 Å². The largest absolute Gasteiger partial charge is 0.385 e. The lowest BCUT2D eigenvalue weighted by molar-refractivity contribution is 0.190. The average Bonchev–Trinajstić information content (AvgIpc) is 3.08. The lowest BCUT2D eigenvalue weighted by Gasteiger charge is -2.14. The number of ether oxygens (including phenoxy) is 1. The number of rotatable bonds is 8. The Morgan fingerprint density at radius 2 is 2.30 bits per heavy atom. The van der Waals surface area contributed by atoms with E-state index in [2.05, 4.69) is 33.7 Å². The Labute approximate surface area is 124 Å². The van der Waals surface area contributed by atoms with Gasteiger partial charge in [-0.3, -0.25) is 0 Å². The zero-order chi connectivity index (χ0) is 14.4. The molecule has 0 amide bonds. The van der Waals surface area contributed by atoms with E-state index in [1.54, 1.807) is 18.4 Å². The molecule has 0 bridgehead atoms. The van der Waals surface area contributed by atoms with Gasteiger partial charge in [-0.1, -0.05) is 6.92 Å². The average molecular weight is 294 g/mol. The van der Waals surface area contributed by atoms with E-state index in [0.717, 1.165) is 36.9 Å². The molecule has 0 aliphatic rings. The number of aromatic nitrogens is 3. The van der Waals surface area contributed by atoms with E-state index in [1.807, 2.05) is 18.6 Å². The van der Waals surface area contributed by atoms with Crippen molar-refractivity contribution in [2.45, 2.75) is 39.3 Å². The first-order valence-electron chi connectivity index (χ1n) is 6.95. The van der Waals surface area contributed by atoms with Gasteiger partial charge in [-0.2, -0.15) is 0 Å². The molecule has 0 saturated carbocycles. The van der Waals surface area contributed by atoms with Gasteiger partial charge in [-0.05, 0) is 19.8 Å². The molecule has 1 atom stereocenters. The number of methoxy groups -OCH3 is 1. The van der Waals surface area contributed by atoms with Gasteiger partial charge in [0, 0.05) is 43.7 Å². The quantitative estimate of drug-likeness (QED) is 0.760. The first kappa shape index (κ1) is 15.0. The number of thiazole rings is 1. The normalized spacial score (nSPS) is 12.6. The van der Waals surface area contributed by atoms with Crippen LogP contribution in [0, 0.1) is 0 Å². The van der Waals surface area contributed by atoms with Gasteiger partial charge in [0.15, 0.2) is 0 Å². The summed E-state index contributed by atoms with van der Waals surface area (Å²) in [4.78, 5) is 10.2. The molecule has 2 heterocycles. The Balaban J connectivity index is 1.97. The lowest BCUT2D eigenvalue weighted by atomic mass is 10.3. The SMILES string of the molecule is CCc1cnc(C(C)Nc2nccn2CCCOC)s1. The molecule has 2 aromatic rings. The highest BCUT2D eigenvalue weighted by molar-refractivity contribution is 7.11. The van der Waals surface area contributed by atoms with Crippen molar-refractivity contribution in [3.63, 3.8) is 0 Å². The van der Waals surface area contributed by atoms with Crippen LogP contribution in [0.4, 0.5) is 5.95 Å². The van der Waals surface area contributed by atoms with E-state index >= 15 is 0 Å². The van der Waals surface area contributed by atoms with Crippen molar-refractivity contribution in [1.29, 1.82) is 0 Å². The van der Waals surface area contributed by atoms with Crippen molar-refractivity contribution in [2.24, 2.45) is 0 Å². The number of aryl methyl sites for hydroxylation is 2. The molecule has 5 nitrogen and oxygen atoms in total. The first-order chi connectivity index (χ1) is 9.74. The molecule has 1 N–H and O–H groups in total. The van der Waals surface area contributed by atoms with Gasteiger partial charge in [0.1, 0.15) is 5.01 Å². The molecule has 0 aromatic carbocycles. The fraction of sp³-hybridized carbons (Fsp3) is 0.571. The Hall–Kier alpha value is -1.40. The van der Waals surface area contributed by atoms with Crippen LogP contribution < -0.4 is 5.32 Å². The fourth-order valence-electron chi connectivity index (χ4n) is 1.95. The lowest BCUT2D eigenvalue weighted by Crippen LogP contribution is -2.12. The Morgan fingerprint density at radius 3 is 3.00 bits per heavy atom. The minimum Gasteiger partial charge on any atom is -0.385 e. The monoisotopic (exact) mass is 294 g/mol. The van der Waals surface area contributed by atoms with Crippen molar-refractivity contribution >= 4 is 17.3 Å². The van der Waals surface area contributed by atoms with Crippen LogP contribution >= 0.6 is 11.3 Å². The molecule has 2 aromatic heterocycles. The molecule has 1 unspecified atom stereocenters. The highest BCUT2D eigenvalue weighted by atomic mass is 32.1. The highest BCUT2D eigenvalue weighted by Crippen LogP contribution is 2.23. The maximum absolute atomic E-state index is 5.08. The number of hydrogen-bond acceptors (Lipinski definition) is 5. The summed E-state index contributed by atoms with van der Waals surface area (Å²) in [5, 5.41) is 4.53. The van der Waals surface area contributed by atoms with Crippen LogP contribution in [0.15, 0.2) is 18.6 Å². The van der Waals surface area contributed by atoms with Crippen molar-refractivity contribution in [2.75, 3.05) is 19.0 Å². The van der Waals surface area contributed by atoms with Crippen molar-refractivity contribution in [3.05, 3.63) is 28.5 Å². The fourth-order valence-corrected chi connectivity index (χ4v) is 2.81. The van der Waals surface area contributed by atoms with Crippen LogP contribution in [0.3, 0.4) is 0 Å². The third kappa shape index (κ3) is 3.80. The van der Waals surface area contributed by atoms with Gasteiger partial charge >= 0.3 is 0 Å². The van der Waals surface area contributed by atoms with Gasteiger partial charge in [-0.15, -0.1) is 11.3 Å². The third-order valence-electron chi connectivity index (χ3n) is 3.10. The summed E-state index contributed by atoms with van der Waals surface area (Å²) in [5.74, 6) is 0.891. The van der Waals surface area contributed by atoms with E-state index in [0.29, 0.717) is 0 Å². The zero-order valence-electron chi connectivity index (χ0n) is 12.3. The number of nitrogens with one attached hydrogen (secondary N) is 1. The second kappa shape index (κ2) is 7.40. The maximum atomic E-state index is 5.08. The van der Waals surface area contributed by atoms with Crippen LogP contribution in [0.25, 0.3) is 0 Å². The van der Waals surface area contributed by atoms with Gasteiger partial charge in [0.05, 0.1) is 6.04 Å². The number of hydrogen-bond donors (Lipinski definition) is 1. The third-order valence-corrected chi connectivity index (χ3v) is 4.42. The van der Waals surface area contributed by atoms with Gasteiger partial charge in [0.2, 0.25) is 5.95 Å². The van der Waals surface area contributed by atoms with Crippen LogP contribution in [-0.4, -0.2) is 28.3 Å². The molecule has 0 aliphatic carbocycles. The summed E-state index contributed by atoms with van der Waals surface area (Å²) in [6.45, 7) is 5.94. The minimum atomic E-state index is 0.170. The van der Waals surface area contributed by atoms with Crippen molar-refractivity contribution in [1.82, 2.24) is 14.5 Å². The zero-order valence-corrected chi connectivity index (χ0v) is 13.1. The molecular weight excluding hydrogens is 272 g/mol. The standard InChI is InChI=1S/C14H22N4OS/c1-4-12-10-16-13(20-12)11(2)17-14-15-6-8-18(14)7-5-9-19-3/h6,8,10-11H,4-5,7,9H2,1-3H3,(H,15,17). The van der Waals surface area contributed by atoms with Crippen LogP contribution in [0.5, 0.6) is 0 Å². The number of imidazole rings is 1. The summed E-state index contributed by atoms with van der Waals surface area (Å²) in [5.41, 5.74) is 0. The molecule has 110 valence electrons. The Morgan fingerprint density at radius 1 is 1.45 bits per heavy atom. The summed E-state index contributed by atoms with van der Waals surface area (Å²) in [6.07, 6.45) is 7.79. The predicted octanol–water partition coefficient (Wildman–Crippen LogP) is 3.11. The van der Waals surface area contributed by atoms with E-state index in [9.17, 15) is 0 Å². The summed E-state index contributed by atoms with van der Waals surface area (Å²) in [6, 6.07) is 0.170. The predicted molar refractivity (Wildman–Crippen MR) is 82.2 cm³/mol. The van der Waals surface area contributed by atoms with Crippen LogP contribution in [-0.2, 0) is 17.7 Å². The van der Waals surface area contributed by atoms with Crippen molar-refractivity contribution in [3.8, 4) is 0 Å². The molecule has 0 radical (unpaired) electrons. The molecule has 20 heavy (non-hydrogen) atoms. The van der Waals surface area contributed by atoms with Gasteiger partial charge < -0.3 is 14.6 Å². The number of anilines is 1. The second-order valence-corrected chi connectivity index (χ2v) is 5.82. The Bertz CT molecular complexity index is 523. The van der Waals surface area contributed by atoms with Crippen LogP contribution in [0.2, 0.25) is 0 Å². The first-order valence-corrected chi connectivity index (χ1v) is 7.77. The number of nitrogens with zero attached hydrogens (tertiary/aromatic N) is 3. The molecule has 0 saturated heterocycles. The smallest absolute Gasteiger partial charge is 0.203 e. The van der Waals surface area contributed by atoms with E-state index in [4.69, 9.17) is 4.74 Å². The minimum absolute atomic E-state index is 0.170. The molecule has 0 fully saturated rings. The van der Waals surface area contributed by atoms with E-state index in [1.165, 1.54) is 4.88 Å². The summed E-state index contributed by atoms with van der Waals surface area (Å²) < 4.78 is 7.20. The maximum Gasteiger partial charge on any atom is 0.203 e. The molecule has 2 rings (SSSR count).